The first-order valence-electron chi connectivity index (χ1n) is 10.9. The molecule has 1 atom stereocenters. The Morgan fingerprint density at radius 1 is 1.06 bits per heavy atom. The van der Waals surface area contributed by atoms with Crippen molar-refractivity contribution in [3.8, 4) is 6.07 Å². The number of nitrogens with one attached hydrogen (secondary N) is 1. The highest BCUT2D eigenvalue weighted by Gasteiger charge is 2.24. The lowest BCUT2D eigenvalue weighted by molar-refractivity contribution is -0.122. The molecule has 2 aromatic carbocycles. The molecule has 2 aromatic rings. The van der Waals surface area contributed by atoms with Gasteiger partial charge in [0.1, 0.15) is 5.82 Å². The quantitative estimate of drug-likeness (QED) is 0.777. The van der Waals surface area contributed by atoms with Gasteiger partial charge in [0.25, 0.3) is 0 Å². The fourth-order valence-electron chi connectivity index (χ4n) is 4.37. The summed E-state index contributed by atoms with van der Waals surface area (Å²) < 4.78 is 14.2. The first-order valence-corrected chi connectivity index (χ1v) is 10.9. The van der Waals surface area contributed by atoms with E-state index in [9.17, 15) is 9.18 Å². The highest BCUT2D eigenvalue weighted by Crippen LogP contribution is 2.23. The van der Waals surface area contributed by atoms with Crippen molar-refractivity contribution < 1.29 is 9.18 Å². The second-order valence-corrected chi connectivity index (χ2v) is 8.28. The van der Waals surface area contributed by atoms with Crippen molar-refractivity contribution in [2.45, 2.75) is 6.42 Å². The van der Waals surface area contributed by atoms with E-state index in [-0.39, 0.29) is 11.7 Å². The normalized spacial score (nSPS) is 19.3. The number of para-hydroxylation sites is 1. The van der Waals surface area contributed by atoms with Crippen LogP contribution in [0.15, 0.2) is 48.5 Å². The van der Waals surface area contributed by atoms with Crippen LogP contribution in [0, 0.1) is 23.1 Å². The lowest BCUT2D eigenvalue weighted by Gasteiger charge is -2.35. The van der Waals surface area contributed by atoms with Crippen LogP contribution in [0.5, 0.6) is 0 Å². The first kappa shape index (κ1) is 21.1. The van der Waals surface area contributed by atoms with Gasteiger partial charge >= 0.3 is 0 Å². The van der Waals surface area contributed by atoms with Gasteiger partial charge in [-0.2, -0.15) is 5.26 Å². The van der Waals surface area contributed by atoms with E-state index in [2.05, 4.69) is 39.4 Å². The molecule has 2 aliphatic rings. The van der Waals surface area contributed by atoms with Crippen molar-refractivity contribution in [2.75, 3.05) is 62.2 Å². The molecular weight excluding hydrogens is 393 g/mol. The average molecular weight is 422 g/mol. The van der Waals surface area contributed by atoms with Crippen molar-refractivity contribution in [3.63, 3.8) is 0 Å². The molecule has 0 spiro atoms. The Bertz CT molecular complexity index is 937. The molecule has 7 heteroatoms. The maximum absolute atomic E-state index is 14.2. The third kappa shape index (κ3) is 5.33. The van der Waals surface area contributed by atoms with Gasteiger partial charge in [-0.15, -0.1) is 0 Å². The summed E-state index contributed by atoms with van der Waals surface area (Å²) in [7, 11) is 0. The molecule has 0 radical (unpaired) electrons. The summed E-state index contributed by atoms with van der Waals surface area (Å²) >= 11 is 0. The largest absolute Gasteiger partial charge is 0.371 e. The van der Waals surface area contributed by atoms with Crippen LogP contribution in [0.2, 0.25) is 0 Å². The Labute approximate surface area is 182 Å². The number of anilines is 2. The number of hydrogen-bond donors (Lipinski definition) is 1. The smallest absolute Gasteiger partial charge is 0.234 e. The Morgan fingerprint density at radius 2 is 1.84 bits per heavy atom. The van der Waals surface area contributed by atoms with Crippen LogP contribution in [-0.4, -0.2) is 63.2 Å². The number of carbonyl (C=O) groups is 1. The number of amides is 1. The first-order chi connectivity index (χ1) is 15.1. The molecule has 6 nitrogen and oxygen atoms in total. The highest BCUT2D eigenvalue weighted by molar-refractivity contribution is 5.78. The van der Waals surface area contributed by atoms with E-state index in [1.807, 2.05) is 17.0 Å². The minimum absolute atomic E-state index is 0.0520. The number of rotatable bonds is 6. The maximum atomic E-state index is 14.2. The number of piperazine rings is 1. The minimum atomic E-state index is -0.369. The van der Waals surface area contributed by atoms with Gasteiger partial charge < -0.3 is 15.1 Å². The van der Waals surface area contributed by atoms with Crippen LogP contribution in [-0.2, 0) is 4.79 Å². The Hall–Kier alpha value is -3.11. The molecule has 2 heterocycles. The Kier molecular flexibility index (Phi) is 6.68. The van der Waals surface area contributed by atoms with Crippen LogP contribution in [0.4, 0.5) is 15.8 Å². The molecule has 162 valence electrons. The van der Waals surface area contributed by atoms with Gasteiger partial charge in [-0.3, -0.25) is 9.69 Å². The van der Waals surface area contributed by atoms with E-state index >= 15 is 0 Å². The summed E-state index contributed by atoms with van der Waals surface area (Å²) in [6.07, 6.45) is 1.09. The van der Waals surface area contributed by atoms with Crippen molar-refractivity contribution >= 4 is 17.3 Å². The zero-order chi connectivity index (χ0) is 21.6. The van der Waals surface area contributed by atoms with E-state index < -0.39 is 0 Å². The van der Waals surface area contributed by atoms with E-state index in [0.717, 1.165) is 19.5 Å². The van der Waals surface area contributed by atoms with Crippen molar-refractivity contribution in [2.24, 2.45) is 5.92 Å². The average Bonchev–Trinajstić information content (AvgIpc) is 3.28. The zero-order valence-electron chi connectivity index (χ0n) is 17.6. The molecule has 1 unspecified atom stereocenters. The molecule has 0 aromatic heterocycles. The molecule has 2 aliphatic heterocycles. The molecule has 2 fully saturated rings. The summed E-state index contributed by atoms with van der Waals surface area (Å²) in [6, 6.07) is 16.9. The van der Waals surface area contributed by atoms with E-state index in [4.69, 9.17) is 5.26 Å². The molecule has 4 rings (SSSR count). The van der Waals surface area contributed by atoms with Gasteiger partial charge in [0.05, 0.1) is 23.9 Å². The summed E-state index contributed by atoms with van der Waals surface area (Å²) in [6.45, 7) is 5.81. The standard InChI is InChI=1S/C24H28FN5O/c25-22-14-19(15-26)6-7-23(22)29-12-10-28(11-13-29)18-24(31)27-16-20-8-9-30(17-20)21-4-2-1-3-5-21/h1-7,14,20H,8-13,16-18H2,(H,27,31). The molecule has 31 heavy (non-hydrogen) atoms. The Morgan fingerprint density at radius 3 is 2.55 bits per heavy atom. The lowest BCUT2D eigenvalue weighted by atomic mass is 10.1. The molecule has 1 N–H and O–H groups in total. The van der Waals surface area contributed by atoms with Crippen molar-refractivity contribution in [1.82, 2.24) is 10.2 Å². The summed E-state index contributed by atoms with van der Waals surface area (Å²) in [4.78, 5) is 18.9. The van der Waals surface area contributed by atoms with Crippen molar-refractivity contribution in [3.05, 3.63) is 59.9 Å². The topological polar surface area (TPSA) is 62.6 Å². The Balaban J connectivity index is 1.18. The molecular formula is C24H28FN5O. The highest BCUT2D eigenvalue weighted by atomic mass is 19.1. The van der Waals surface area contributed by atoms with Gasteiger partial charge in [0, 0.05) is 51.5 Å². The second kappa shape index (κ2) is 9.80. The second-order valence-electron chi connectivity index (χ2n) is 8.28. The fraction of sp³-hybridized carbons (Fsp3) is 0.417. The van der Waals surface area contributed by atoms with Crippen LogP contribution < -0.4 is 15.1 Å². The zero-order valence-corrected chi connectivity index (χ0v) is 17.6. The summed E-state index contributed by atoms with van der Waals surface area (Å²) in [5.41, 5.74) is 2.09. The molecule has 1 amide bonds. The van der Waals surface area contributed by atoms with Gasteiger partial charge in [0.2, 0.25) is 5.91 Å². The van der Waals surface area contributed by atoms with E-state index in [1.54, 1.807) is 12.1 Å². The van der Waals surface area contributed by atoms with Gasteiger partial charge in [0.15, 0.2) is 0 Å². The summed E-state index contributed by atoms with van der Waals surface area (Å²) in [5.74, 6) is 0.155. The molecule has 0 saturated carbocycles. The predicted octanol–water partition coefficient (Wildman–Crippen LogP) is 2.46. The monoisotopic (exact) mass is 421 g/mol. The van der Waals surface area contributed by atoms with Crippen LogP contribution >= 0.6 is 0 Å². The lowest BCUT2D eigenvalue weighted by Crippen LogP contribution is -2.50. The number of hydrogen-bond acceptors (Lipinski definition) is 5. The fourth-order valence-corrected chi connectivity index (χ4v) is 4.37. The maximum Gasteiger partial charge on any atom is 0.234 e. The number of benzene rings is 2. The van der Waals surface area contributed by atoms with E-state index in [0.29, 0.717) is 56.4 Å². The number of nitriles is 1. The van der Waals surface area contributed by atoms with Gasteiger partial charge in [-0.1, -0.05) is 18.2 Å². The molecule has 2 saturated heterocycles. The number of nitrogens with zero attached hydrogens (tertiary/aromatic N) is 4. The minimum Gasteiger partial charge on any atom is -0.371 e. The van der Waals surface area contributed by atoms with E-state index in [1.165, 1.54) is 11.8 Å². The SMILES string of the molecule is N#Cc1ccc(N2CCN(CC(=O)NCC3CCN(c4ccccc4)C3)CC2)c(F)c1. The number of carbonyl (C=O) groups excluding carboxylic acids is 1. The third-order valence-corrected chi connectivity index (χ3v) is 6.15. The molecule has 0 bridgehead atoms. The van der Waals surface area contributed by atoms with Crippen molar-refractivity contribution in [1.29, 1.82) is 5.26 Å². The van der Waals surface area contributed by atoms with Crippen LogP contribution in [0.3, 0.4) is 0 Å². The predicted molar refractivity (Wildman–Crippen MR) is 120 cm³/mol. The number of halogens is 1. The van der Waals surface area contributed by atoms with Gasteiger partial charge in [-0.05, 0) is 42.7 Å². The molecule has 0 aliphatic carbocycles. The summed E-state index contributed by atoms with van der Waals surface area (Å²) in [5, 5.41) is 12.0. The third-order valence-electron chi connectivity index (χ3n) is 6.15. The van der Waals surface area contributed by atoms with Gasteiger partial charge in [-0.25, -0.2) is 4.39 Å². The van der Waals surface area contributed by atoms with Crippen LogP contribution in [0.1, 0.15) is 12.0 Å². The van der Waals surface area contributed by atoms with Crippen LogP contribution in [0.25, 0.3) is 0 Å².